The van der Waals surface area contributed by atoms with Gasteiger partial charge in [0.25, 0.3) is 0 Å². The van der Waals surface area contributed by atoms with Crippen molar-refractivity contribution < 1.29 is 0 Å². The van der Waals surface area contributed by atoms with Crippen molar-refractivity contribution in [2.24, 2.45) is 5.41 Å². The van der Waals surface area contributed by atoms with Crippen molar-refractivity contribution in [3.63, 3.8) is 0 Å². The normalized spacial score (nSPS) is 19.5. The summed E-state index contributed by atoms with van der Waals surface area (Å²) in [6.07, 6.45) is 8.20. The third-order valence-electron chi connectivity index (χ3n) is 4.53. The lowest BCUT2D eigenvalue weighted by Crippen LogP contribution is -2.44. The predicted octanol–water partition coefficient (Wildman–Crippen LogP) is 3.57. The smallest absolute Gasteiger partial charge is 0.0946 e. The Labute approximate surface area is 127 Å². The molecule has 3 heteroatoms. The van der Waals surface area contributed by atoms with Gasteiger partial charge >= 0.3 is 0 Å². The Hall–Kier alpha value is -1.61. The number of aromatic nitrogens is 2. The average molecular weight is 283 g/mol. The van der Waals surface area contributed by atoms with Crippen LogP contribution in [0.15, 0.2) is 43.0 Å². The van der Waals surface area contributed by atoms with Crippen LogP contribution in [0.1, 0.15) is 44.4 Å². The minimum Gasteiger partial charge on any atom is -0.336 e. The lowest BCUT2D eigenvalue weighted by molar-refractivity contribution is 0.221. The Bertz CT molecular complexity index is 581. The molecule has 1 N–H and O–H groups in total. The van der Waals surface area contributed by atoms with E-state index in [1.807, 2.05) is 18.7 Å². The summed E-state index contributed by atoms with van der Waals surface area (Å²) >= 11 is 0. The second-order valence-corrected chi connectivity index (χ2v) is 7.13. The van der Waals surface area contributed by atoms with Gasteiger partial charge in [0, 0.05) is 31.0 Å². The zero-order valence-electron chi connectivity index (χ0n) is 13.2. The van der Waals surface area contributed by atoms with Crippen LogP contribution in [-0.2, 0) is 13.0 Å². The molecule has 0 spiro atoms. The first kappa shape index (κ1) is 14.3. The molecule has 3 rings (SSSR count). The highest BCUT2D eigenvalue weighted by atomic mass is 15.1. The summed E-state index contributed by atoms with van der Waals surface area (Å²) in [6, 6.07) is 9.74. The maximum atomic E-state index is 4.16. The number of rotatable bonds is 4. The van der Waals surface area contributed by atoms with E-state index in [0.29, 0.717) is 12.1 Å². The van der Waals surface area contributed by atoms with Gasteiger partial charge in [-0.3, -0.25) is 0 Å². The lowest BCUT2D eigenvalue weighted by Gasteiger charge is -2.34. The number of fused-ring (bicyclic) bond motifs is 1. The summed E-state index contributed by atoms with van der Waals surface area (Å²) in [7, 11) is 0. The van der Waals surface area contributed by atoms with E-state index in [0.717, 1.165) is 6.54 Å². The molecule has 0 amide bonds. The van der Waals surface area contributed by atoms with Gasteiger partial charge in [-0.2, -0.15) is 0 Å². The SMILES string of the molecule is CC(C)(C)C(Cn1ccnc1)NC1CCc2ccccc21. The fourth-order valence-electron chi connectivity index (χ4n) is 3.16. The minimum absolute atomic E-state index is 0.210. The average Bonchev–Trinajstić information content (AvgIpc) is 3.07. The van der Waals surface area contributed by atoms with E-state index >= 15 is 0 Å². The highest BCUT2D eigenvalue weighted by molar-refractivity contribution is 5.34. The number of nitrogens with zero attached hydrogens (tertiary/aromatic N) is 2. The Morgan fingerprint density at radius 1 is 1.33 bits per heavy atom. The monoisotopic (exact) mass is 283 g/mol. The molecule has 112 valence electrons. The van der Waals surface area contributed by atoms with Crippen molar-refractivity contribution in [2.75, 3.05) is 0 Å². The molecule has 21 heavy (non-hydrogen) atoms. The summed E-state index contributed by atoms with van der Waals surface area (Å²) in [4.78, 5) is 4.16. The molecule has 0 fully saturated rings. The molecule has 2 unspecified atom stereocenters. The molecule has 1 aromatic heterocycles. The van der Waals surface area contributed by atoms with E-state index in [1.54, 1.807) is 0 Å². The van der Waals surface area contributed by atoms with Crippen LogP contribution >= 0.6 is 0 Å². The van der Waals surface area contributed by atoms with E-state index in [2.05, 4.69) is 59.9 Å². The van der Waals surface area contributed by atoms with Crippen LogP contribution in [0, 0.1) is 5.41 Å². The fourth-order valence-corrected chi connectivity index (χ4v) is 3.16. The second kappa shape index (κ2) is 5.64. The van der Waals surface area contributed by atoms with Gasteiger partial charge in [0.2, 0.25) is 0 Å². The zero-order chi connectivity index (χ0) is 14.9. The Morgan fingerprint density at radius 3 is 2.86 bits per heavy atom. The van der Waals surface area contributed by atoms with Gasteiger partial charge < -0.3 is 9.88 Å². The van der Waals surface area contributed by atoms with E-state index in [1.165, 1.54) is 24.0 Å². The van der Waals surface area contributed by atoms with Crippen LogP contribution in [0.4, 0.5) is 0 Å². The molecule has 1 heterocycles. The van der Waals surface area contributed by atoms with Crippen molar-refractivity contribution in [1.29, 1.82) is 0 Å². The predicted molar refractivity (Wildman–Crippen MR) is 86.1 cm³/mol. The largest absolute Gasteiger partial charge is 0.336 e. The van der Waals surface area contributed by atoms with Crippen LogP contribution < -0.4 is 5.32 Å². The Kier molecular flexibility index (Phi) is 3.85. The van der Waals surface area contributed by atoms with Crippen LogP contribution in [0.3, 0.4) is 0 Å². The van der Waals surface area contributed by atoms with Crippen molar-refractivity contribution in [3.8, 4) is 0 Å². The van der Waals surface area contributed by atoms with Gasteiger partial charge in [-0.25, -0.2) is 4.98 Å². The maximum absolute atomic E-state index is 4.16. The van der Waals surface area contributed by atoms with Crippen molar-refractivity contribution in [2.45, 2.75) is 52.2 Å². The van der Waals surface area contributed by atoms with Gasteiger partial charge in [0.15, 0.2) is 0 Å². The van der Waals surface area contributed by atoms with Gasteiger partial charge in [0.1, 0.15) is 0 Å². The standard InChI is InChI=1S/C18H25N3/c1-18(2,3)17(12-21-11-10-19-13-21)20-16-9-8-14-6-4-5-7-15(14)16/h4-7,10-11,13,16-17,20H,8-9,12H2,1-3H3. The van der Waals surface area contributed by atoms with Crippen LogP contribution in [0.25, 0.3) is 0 Å². The van der Waals surface area contributed by atoms with Crippen LogP contribution in [0.2, 0.25) is 0 Å². The molecular formula is C18H25N3. The molecule has 0 bridgehead atoms. The van der Waals surface area contributed by atoms with Gasteiger partial charge in [-0.05, 0) is 29.4 Å². The van der Waals surface area contributed by atoms with Crippen LogP contribution in [-0.4, -0.2) is 15.6 Å². The van der Waals surface area contributed by atoms with E-state index in [4.69, 9.17) is 0 Å². The quantitative estimate of drug-likeness (QED) is 0.929. The fraction of sp³-hybridized carbons (Fsp3) is 0.500. The van der Waals surface area contributed by atoms with E-state index < -0.39 is 0 Å². The Morgan fingerprint density at radius 2 is 2.14 bits per heavy atom. The highest BCUT2D eigenvalue weighted by Crippen LogP contribution is 2.33. The first-order valence-corrected chi connectivity index (χ1v) is 7.83. The summed E-state index contributed by atoms with van der Waals surface area (Å²) in [6.45, 7) is 7.88. The molecule has 1 aliphatic carbocycles. The number of nitrogens with one attached hydrogen (secondary N) is 1. The summed E-state index contributed by atoms with van der Waals surface area (Å²) in [5.41, 5.74) is 3.20. The summed E-state index contributed by atoms with van der Waals surface area (Å²) < 4.78 is 2.17. The van der Waals surface area contributed by atoms with Gasteiger partial charge in [-0.15, -0.1) is 0 Å². The van der Waals surface area contributed by atoms with Crippen LogP contribution in [0.5, 0.6) is 0 Å². The number of hydrogen-bond donors (Lipinski definition) is 1. The third-order valence-corrected chi connectivity index (χ3v) is 4.53. The number of aryl methyl sites for hydroxylation is 1. The topological polar surface area (TPSA) is 29.9 Å². The molecule has 3 nitrogen and oxygen atoms in total. The first-order chi connectivity index (χ1) is 10.0. The van der Waals surface area contributed by atoms with Crippen molar-refractivity contribution >= 4 is 0 Å². The molecule has 2 atom stereocenters. The minimum atomic E-state index is 0.210. The Balaban J connectivity index is 1.76. The van der Waals surface area contributed by atoms with E-state index in [-0.39, 0.29) is 5.41 Å². The maximum Gasteiger partial charge on any atom is 0.0946 e. The summed E-state index contributed by atoms with van der Waals surface area (Å²) in [5, 5.41) is 3.90. The molecule has 0 saturated heterocycles. The van der Waals surface area contributed by atoms with Crippen molar-refractivity contribution in [3.05, 3.63) is 54.1 Å². The van der Waals surface area contributed by atoms with Gasteiger partial charge in [-0.1, -0.05) is 45.0 Å². The molecule has 2 aromatic rings. The van der Waals surface area contributed by atoms with E-state index in [9.17, 15) is 0 Å². The molecule has 1 aliphatic rings. The lowest BCUT2D eigenvalue weighted by atomic mass is 9.85. The number of hydrogen-bond acceptors (Lipinski definition) is 2. The first-order valence-electron chi connectivity index (χ1n) is 7.83. The molecule has 0 saturated carbocycles. The highest BCUT2D eigenvalue weighted by Gasteiger charge is 2.30. The molecule has 0 aliphatic heterocycles. The summed E-state index contributed by atoms with van der Waals surface area (Å²) in [5.74, 6) is 0. The molecule has 1 aromatic carbocycles. The molecule has 0 radical (unpaired) electrons. The number of imidazole rings is 1. The zero-order valence-corrected chi connectivity index (χ0v) is 13.2. The van der Waals surface area contributed by atoms with Crippen molar-refractivity contribution in [1.82, 2.24) is 14.9 Å². The van der Waals surface area contributed by atoms with Gasteiger partial charge in [0.05, 0.1) is 6.33 Å². The third kappa shape index (κ3) is 3.18. The second-order valence-electron chi connectivity index (χ2n) is 7.13. The number of benzene rings is 1. The molecular weight excluding hydrogens is 258 g/mol.